The molecule has 9 heteroatoms. The van der Waals surface area contributed by atoms with E-state index in [4.69, 9.17) is 9.05 Å². The molecule has 67 heavy (non-hydrogen) atoms. The lowest BCUT2D eigenvalue weighted by molar-refractivity contribution is -0.870. The van der Waals surface area contributed by atoms with Crippen LogP contribution in [0.5, 0.6) is 0 Å². The van der Waals surface area contributed by atoms with Gasteiger partial charge in [0, 0.05) is 6.42 Å². The van der Waals surface area contributed by atoms with E-state index in [1.807, 2.05) is 27.2 Å². The Morgan fingerprint density at radius 1 is 0.522 bits per heavy atom. The molecular weight excluding hydrogens is 852 g/mol. The predicted molar refractivity (Wildman–Crippen MR) is 288 cm³/mol. The quantitative estimate of drug-likeness (QED) is 0.0272. The maximum absolute atomic E-state index is 12.9. The molecule has 0 aromatic rings. The summed E-state index contributed by atoms with van der Waals surface area (Å²) in [5, 5.41) is 13.7. The van der Waals surface area contributed by atoms with Crippen molar-refractivity contribution < 1.29 is 32.9 Å². The summed E-state index contributed by atoms with van der Waals surface area (Å²) in [6.45, 7) is 4.52. The van der Waals surface area contributed by atoms with Crippen LogP contribution in [0.1, 0.15) is 277 Å². The van der Waals surface area contributed by atoms with Crippen LogP contribution in [0.4, 0.5) is 0 Å². The number of hydrogen-bond donors (Lipinski definition) is 2. The van der Waals surface area contributed by atoms with Crippen molar-refractivity contribution >= 4 is 13.7 Å². The van der Waals surface area contributed by atoms with Crippen molar-refractivity contribution in [1.29, 1.82) is 0 Å². The SMILES string of the molecule is CC/C=C/CC/C=C/CC/C=C/C(O)C(COP(=O)([O-])OCC[N+](C)(C)C)NC(=O)CCCCCCCCCCCCCCCCCCCCCCCCCCCCCCCCCCCCC. The van der Waals surface area contributed by atoms with Gasteiger partial charge < -0.3 is 28.8 Å². The maximum Gasteiger partial charge on any atom is 0.268 e. The largest absolute Gasteiger partial charge is 0.756 e. The molecule has 0 radical (unpaired) electrons. The van der Waals surface area contributed by atoms with Gasteiger partial charge in [-0.15, -0.1) is 0 Å². The second-order valence-corrected chi connectivity index (χ2v) is 22.4. The smallest absolute Gasteiger partial charge is 0.268 e. The first-order valence-electron chi connectivity index (χ1n) is 28.9. The first-order chi connectivity index (χ1) is 32.5. The monoisotopic (exact) mass is 965 g/mol. The van der Waals surface area contributed by atoms with E-state index in [-0.39, 0.29) is 12.5 Å². The van der Waals surface area contributed by atoms with Crippen molar-refractivity contribution in [1.82, 2.24) is 5.32 Å². The number of amides is 1. The number of carbonyl (C=O) groups excluding carboxylic acids is 1. The van der Waals surface area contributed by atoms with Crippen LogP contribution >= 0.6 is 7.82 Å². The van der Waals surface area contributed by atoms with Crippen LogP contribution in [-0.2, 0) is 18.4 Å². The predicted octanol–water partition coefficient (Wildman–Crippen LogP) is 16.7. The summed E-state index contributed by atoms with van der Waals surface area (Å²) in [7, 11) is 1.24. The molecule has 3 atom stereocenters. The van der Waals surface area contributed by atoms with Gasteiger partial charge in [-0.1, -0.05) is 269 Å². The zero-order chi connectivity index (χ0) is 49.2. The fourth-order valence-electron chi connectivity index (χ4n) is 8.61. The highest BCUT2D eigenvalue weighted by Gasteiger charge is 2.23. The molecule has 0 aliphatic carbocycles. The number of rotatable bonds is 53. The highest BCUT2D eigenvalue weighted by molar-refractivity contribution is 7.45. The number of aliphatic hydroxyl groups is 1. The summed E-state index contributed by atoms with van der Waals surface area (Å²) in [5.41, 5.74) is 0. The molecule has 2 N–H and O–H groups in total. The van der Waals surface area contributed by atoms with Crippen molar-refractivity contribution in [2.45, 2.75) is 289 Å². The maximum atomic E-state index is 12.9. The van der Waals surface area contributed by atoms with Gasteiger partial charge in [0.05, 0.1) is 39.9 Å². The van der Waals surface area contributed by atoms with E-state index in [2.05, 4.69) is 43.5 Å². The summed E-state index contributed by atoms with van der Waals surface area (Å²) in [6, 6.07) is -0.906. The molecule has 0 saturated heterocycles. The van der Waals surface area contributed by atoms with Crippen LogP contribution < -0.4 is 10.2 Å². The molecule has 3 unspecified atom stereocenters. The Kier molecular flexibility index (Phi) is 48.7. The van der Waals surface area contributed by atoms with Crippen molar-refractivity contribution in [3.05, 3.63) is 36.5 Å². The molecule has 396 valence electrons. The molecule has 0 aliphatic heterocycles. The number of allylic oxidation sites excluding steroid dienone is 5. The molecule has 0 aromatic carbocycles. The van der Waals surface area contributed by atoms with Gasteiger partial charge in [0.2, 0.25) is 5.91 Å². The number of nitrogens with one attached hydrogen (secondary N) is 1. The van der Waals surface area contributed by atoms with Crippen molar-refractivity contribution in [3.63, 3.8) is 0 Å². The minimum atomic E-state index is -4.60. The summed E-state index contributed by atoms with van der Waals surface area (Å²) in [5.74, 6) is -0.209. The third-order valence-electron chi connectivity index (χ3n) is 13.1. The summed E-state index contributed by atoms with van der Waals surface area (Å²) in [6.07, 6.45) is 64.2. The van der Waals surface area contributed by atoms with Crippen LogP contribution in [0.2, 0.25) is 0 Å². The van der Waals surface area contributed by atoms with Crippen LogP contribution in [0.3, 0.4) is 0 Å². The molecule has 8 nitrogen and oxygen atoms in total. The van der Waals surface area contributed by atoms with Gasteiger partial charge in [-0.05, 0) is 38.5 Å². The van der Waals surface area contributed by atoms with E-state index in [0.29, 0.717) is 17.4 Å². The molecule has 1 amide bonds. The fourth-order valence-corrected chi connectivity index (χ4v) is 9.33. The first kappa shape index (κ1) is 65.7. The van der Waals surface area contributed by atoms with Gasteiger partial charge in [0.1, 0.15) is 13.2 Å². The normalized spacial score (nSPS) is 14.2. The lowest BCUT2D eigenvalue weighted by Crippen LogP contribution is -2.45. The lowest BCUT2D eigenvalue weighted by Gasteiger charge is -2.29. The van der Waals surface area contributed by atoms with Gasteiger partial charge >= 0.3 is 0 Å². The Labute approximate surface area is 417 Å². The Morgan fingerprint density at radius 3 is 1.19 bits per heavy atom. The number of carbonyl (C=O) groups is 1. The Balaban J connectivity index is 3.87. The van der Waals surface area contributed by atoms with E-state index in [1.54, 1.807) is 6.08 Å². The number of aliphatic hydroxyl groups excluding tert-OH is 1. The van der Waals surface area contributed by atoms with Gasteiger partial charge in [-0.25, -0.2) is 0 Å². The highest BCUT2D eigenvalue weighted by atomic mass is 31.2. The van der Waals surface area contributed by atoms with E-state index < -0.39 is 26.6 Å². The standard InChI is InChI=1S/C58H113N2O6P/c1-6-8-10-12-14-16-18-19-20-21-22-23-24-25-26-27-28-29-30-31-32-33-34-35-36-37-38-39-40-41-42-44-46-48-50-52-58(62)59-56(55-66-67(63,64)65-54-53-60(3,4)5)57(61)51-49-47-45-43-17-15-13-11-9-7-2/h9,11,17,43,49,51,56-57,61H,6-8,10,12-16,18-42,44-48,50,52-55H2,1-5H3,(H-,59,62,63,64)/b11-9+,43-17+,51-49+. The number of quaternary nitrogens is 1. The Bertz CT molecular complexity index is 1190. The molecule has 0 rings (SSSR count). The minimum absolute atomic E-state index is 0.00802. The summed E-state index contributed by atoms with van der Waals surface area (Å²) >= 11 is 0. The number of phosphoric acid groups is 1. The van der Waals surface area contributed by atoms with Crippen molar-refractivity contribution in [2.24, 2.45) is 0 Å². The second kappa shape index (κ2) is 49.7. The zero-order valence-electron chi connectivity index (χ0n) is 45.1. The van der Waals surface area contributed by atoms with Crippen LogP contribution in [0.15, 0.2) is 36.5 Å². The second-order valence-electron chi connectivity index (χ2n) is 21.0. The minimum Gasteiger partial charge on any atom is -0.756 e. The third-order valence-corrected chi connectivity index (χ3v) is 14.1. The van der Waals surface area contributed by atoms with Gasteiger partial charge in [0.15, 0.2) is 0 Å². The summed E-state index contributed by atoms with van der Waals surface area (Å²) < 4.78 is 23.2. The number of unbranched alkanes of at least 4 members (excludes halogenated alkanes) is 36. The van der Waals surface area contributed by atoms with E-state index in [9.17, 15) is 19.4 Å². The third kappa shape index (κ3) is 52.4. The fraction of sp³-hybridized carbons (Fsp3) is 0.879. The highest BCUT2D eigenvalue weighted by Crippen LogP contribution is 2.38. The van der Waals surface area contributed by atoms with E-state index in [0.717, 1.165) is 51.4 Å². The Hall–Kier alpha value is -1.28. The molecule has 0 fully saturated rings. The van der Waals surface area contributed by atoms with Gasteiger partial charge in [0.25, 0.3) is 7.82 Å². The molecule has 0 bridgehead atoms. The molecular formula is C58H113N2O6P. The van der Waals surface area contributed by atoms with E-state index >= 15 is 0 Å². The average Bonchev–Trinajstić information content (AvgIpc) is 3.29. The number of likely N-dealkylation sites (N-methyl/N-ethyl adjacent to an activating group) is 1. The lowest BCUT2D eigenvalue weighted by atomic mass is 10.0. The molecule has 0 aliphatic rings. The molecule has 0 heterocycles. The Morgan fingerprint density at radius 2 is 0.851 bits per heavy atom. The summed E-state index contributed by atoms with van der Waals surface area (Å²) in [4.78, 5) is 25.3. The zero-order valence-corrected chi connectivity index (χ0v) is 46.0. The van der Waals surface area contributed by atoms with Crippen LogP contribution in [-0.4, -0.2) is 68.5 Å². The number of hydrogen-bond acceptors (Lipinski definition) is 6. The van der Waals surface area contributed by atoms with Crippen LogP contribution in [0, 0.1) is 0 Å². The molecule has 0 spiro atoms. The van der Waals surface area contributed by atoms with Gasteiger partial charge in [-0.2, -0.15) is 0 Å². The van der Waals surface area contributed by atoms with Crippen molar-refractivity contribution in [2.75, 3.05) is 40.9 Å². The van der Waals surface area contributed by atoms with Crippen LogP contribution in [0.25, 0.3) is 0 Å². The topological polar surface area (TPSA) is 108 Å². The van der Waals surface area contributed by atoms with E-state index in [1.165, 1.54) is 205 Å². The van der Waals surface area contributed by atoms with Gasteiger partial charge in [-0.3, -0.25) is 9.36 Å². The van der Waals surface area contributed by atoms with Crippen molar-refractivity contribution in [3.8, 4) is 0 Å². The average molecular weight is 966 g/mol. The molecule has 0 aromatic heterocycles. The molecule has 0 saturated carbocycles. The number of phosphoric ester groups is 1. The number of nitrogens with zero attached hydrogens (tertiary/aromatic N) is 1. The first-order valence-corrected chi connectivity index (χ1v) is 30.3.